The molecule has 0 bridgehead atoms. The normalized spacial score (nSPS) is 18.4. The zero-order valence-electron chi connectivity index (χ0n) is 7.95. The van der Waals surface area contributed by atoms with Gasteiger partial charge in [0, 0.05) is 31.4 Å². The fraction of sp³-hybridized carbons (Fsp3) is 0.500. The van der Waals surface area contributed by atoms with Crippen LogP contribution < -0.4 is 0 Å². The highest BCUT2D eigenvalue weighted by Gasteiger charge is 2.12. The number of pyridine rings is 1. The van der Waals surface area contributed by atoms with Crippen molar-refractivity contribution in [3.8, 4) is 0 Å². The molecule has 0 aromatic carbocycles. The molecule has 2 heterocycles. The van der Waals surface area contributed by atoms with Crippen LogP contribution in [-0.4, -0.2) is 36.2 Å². The molecule has 0 atom stereocenters. The number of hydrogen-bond donors (Lipinski definition) is 0. The van der Waals surface area contributed by atoms with Gasteiger partial charge in [-0.2, -0.15) is 4.39 Å². The van der Waals surface area contributed by atoms with Crippen molar-refractivity contribution in [2.75, 3.05) is 26.3 Å². The van der Waals surface area contributed by atoms with Crippen molar-refractivity contribution in [3.05, 3.63) is 29.8 Å². The van der Waals surface area contributed by atoms with Gasteiger partial charge in [0.05, 0.1) is 13.2 Å². The highest BCUT2D eigenvalue weighted by molar-refractivity contribution is 5.10. The van der Waals surface area contributed by atoms with Crippen molar-refractivity contribution in [2.45, 2.75) is 6.54 Å². The van der Waals surface area contributed by atoms with E-state index in [1.165, 1.54) is 6.20 Å². The van der Waals surface area contributed by atoms with Crippen molar-refractivity contribution in [1.29, 1.82) is 0 Å². The van der Waals surface area contributed by atoms with Gasteiger partial charge in [-0.1, -0.05) is 6.07 Å². The van der Waals surface area contributed by atoms with Crippen molar-refractivity contribution >= 4 is 0 Å². The second kappa shape index (κ2) is 4.48. The molecule has 0 N–H and O–H groups in total. The van der Waals surface area contributed by atoms with Crippen LogP contribution in [-0.2, 0) is 11.3 Å². The van der Waals surface area contributed by atoms with E-state index in [2.05, 4.69) is 9.88 Å². The molecule has 14 heavy (non-hydrogen) atoms. The minimum Gasteiger partial charge on any atom is -0.379 e. The Morgan fingerprint density at radius 1 is 1.43 bits per heavy atom. The van der Waals surface area contributed by atoms with E-state index in [-0.39, 0.29) is 5.95 Å². The Morgan fingerprint density at radius 2 is 2.21 bits per heavy atom. The Labute approximate surface area is 82.5 Å². The molecule has 0 saturated carbocycles. The van der Waals surface area contributed by atoms with E-state index in [4.69, 9.17) is 4.74 Å². The van der Waals surface area contributed by atoms with Crippen LogP contribution in [0.1, 0.15) is 5.56 Å². The highest BCUT2D eigenvalue weighted by Crippen LogP contribution is 2.08. The van der Waals surface area contributed by atoms with Gasteiger partial charge in [0.2, 0.25) is 5.95 Å². The Bertz CT molecular complexity index is 300. The lowest BCUT2D eigenvalue weighted by atomic mass is 10.2. The van der Waals surface area contributed by atoms with Crippen molar-refractivity contribution in [3.63, 3.8) is 0 Å². The number of rotatable bonds is 2. The van der Waals surface area contributed by atoms with Gasteiger partial charge in [-0.05, 0) is 6.07 Å². The molecule has 0 radical (unpaired) electrons. The Balaban J connectivity index is 1.99. The third kappa shape index (κ3) is 2.27. The monoisotopic (exact) mass is 196 g/mol. The number of ether oxygens (including phenoxy) is 1. The standard InChI is InChI=1S/C10H13FN2O/c11-10-9(2-1-3-12-10)8-13-4-6-14-7-5-13/h1-3H,4-8H2. The SMILES string of the molecule is Fc1ncccc1CN1CCOCC1. The summed E-state index contributed by atoms with van der Waals surface area (Å²) in [5.74, 6) is -0.362. The maximum absolute atomic E-state index is 13.2. The second-order valence-corrected chi connectivity index (χ2v) is 3.34. The Kier molecular flexibility index (Phi) is 3.06. The lowest BCUT2D eigenvalue weighted by Gasteiger charge is -2.26. The molecule has 76 valence electrons. The average Bonchev–Trinajstić information content (AvgIpc) is 2.23. The number of nitrogens with zero attached hydrogens (tertiary/aromatic N) is 2. The molecule has 1 aromatic heterocycles. The number of aromatic nitrogens is 1. The first-order valence-electron chi connectivity index (χ1n) is 4.76. The van der Waals surface area contributed by atoms with Crippen LogP contribution in [0.15, 0.2) is 18.3 Å². The van der Waals surface area contributed by atoms with Crippen LogP contribution in [0, 0.1) is 5.95 Å². The van der Waals surface area contributed by atoms with E-state index in [0.717, 1.165) is 26.3 Å². The summed E-state index contributed by atoms with van der Waals surface area (Å²) in [6.45, 7) is 3.84. The van der Waals surface area contributed by atoms with Crippen molar-refractivity contribution < 1.29 is 9.13 Å². The van der Waals surface area contributed by atoms with Gasteiger partial charge in [0.25, 0.3) is 0 Å². The van der Waals surface area contributed by atoms with Crippen molar-refractivity contribution in [2.24, 2.45) is 0 Å². The molecule has 0 aliphatic carbocycles. The minimum absolute atomic E-state index is 0.362. The molecule has 0 amide bonds. The van der Waals surface area contributed by atoms with Gasteiger partial charge >= 0.3 is 0 Å². The van der Waals surface area contributed by atoms with Gasteiger partial charge in [-0.3, -0.25) is 4.90 Å². The second-order valence-electron chi connectivity index (χ2n) is 3.34. The minimum atomic E-state index is -0.362. The summed E-state index contributed by atoms with van der Waals surface area (Å²) in [6.07, 6.45) is 1.47. The summed E-state index contributed by atoms with van der Waals surface area (Å²) < 4.78 is 18.4. The van der Waals surface area contributed by atoms with E-state index in [0.29, 0.717) is 12.1 Å². The molecule has 4 heteroatoms. The topological polar surface area (TPSA) is 25.4 Å². The third-order valence-electron chi connectivity index (χ3n) is 2.33. The smallest absolute Gasteiger partial charge is 0.217 e. The Morgan fingerprint density at radius 3 is 2.93 bits per heavy atom. The zero-order chi connectivity index (χ0) is 9.80. The predicted molar refractivity (Wildman–Crippen MR) is 50.3 cm³/mol. The fourth-order valence-corrected chi connectivity index (χ4v) is 1.54. The molecule has 1 aromatic rings. The zero-order valence-corrected chi connectivity index (χ0v) is 7.95. The lowest BCUT2D eigenvalue weighted by Crippen LogP contribution is -2.35. The fourth-order valence-electron chi connectivity index (χ4n) is 1.54. The number of morpholine rings is 1. The summed E-state index contributed by atoms with van der Waals surface area (Å²) in [6, 6.07) is 3.54. The van der Waals surface area contributed by atoms with Crippen LogP contribution in [0.2, 0.25) is 0 Å². The summed E-state index contributed by atoms with van der Waals surface area (Å²) in [7, 11) is 0. The average molecular weight is 196 g/mol. The quantitative estimate of drug-likeness (QED) is 0.661. The molecule has 0 unspecified atom stereocenters. The van der Waals surface area contributed by atoms with Gasteiger partial charge in [0.1, 0.15) is 0 Å². The molecule has 1 saturated heterocycles. The third-order valence-corrected chi connectivity index (χ3v) is 2.33. The number of halogens is 1. The first-order valence-corrected chi connectivity index (χ1v) is 4.76. The molecule has 0 spiro atoms. The Hall–Kier alpha value is -1.00. The molecule has 1 aliphatic rings. The van der Waals surface area contributed by atoms with Crippen LogP contribution in [0.25, 0.3) is 0 Å². The van der Waals surface area contributed by atoms with Gasteiger partial charge in [0.15, 0.2) is 0 Å². The summed E-state index contributed by atoms with van der Waals surface area (Å²) in [5, 5.41) is 0. The van der Waals surface area contributed by atoms with Crippen LogP contribution >= 0.6 is 0 Å². The molecule has 1 fully saturated rings. The van der Waals surface area contributed by atoms with E-state index in [1.807, 2.05) is 0 Å². The van der Waals surface area contributed by atoms with E-state index in [1.54, 1.807) is 12.1 Å². The van der Waals surface area contributed by atoms with Gasteiger partial charge in [-0.15, -0.1) is 0 Å². The maximum atomic E-state index is 13.2. The molecule has 2 rings (SSSR count). The maximum Gasteiger partial charge on any atom is 0.217 e. The first-order chi connectivity index (χ1) is 6.86. The molecular formula is C10H13FN2O. The molecule has 1 aliphatic heterocycles. The largest absolute Gasteiger partial charge is 0.379 e. The summed E-state index contributed by atoms with van der Waals surface area (Å²) in [4.78, 5) is 5.79. The van der Waals surface area contributed by atoms with Crippen LogP contribution in [0.5, 0.6) is 0 Å². The van der Waals surface area contributed by atoms with E-state index < -0.39 is 0 Å². The van der Waals surface area contributed by atoms with Gasteiger partial charge < -0.3 is 4.74 Å². The highest BCUT2D eigenvalue weighted by atomic mass is 19.1. The first kappa shape index (κ1) is 9.55. The van der Waals surface area contributed by atoms with Crippen LogP contribution in [0.4, 0.5) is 4.39 Å². The van der Waals surface area contributed by atoms with E-state index >= 15 is 0 Å². The number of hydrogen-bond acceptors (Lipinski definition) is 3. The molecule has 3 nitrogen and oxygen atoms in total. The predicted octanol–water partition coefficient (Wildman–Crippen LogP) is 1.05. The van der Waals surface area contributed by atoms with E-state index in [9.17, 15) is 4.39 Å². The lowest BCUT2D eigenvalue weighted by molar-refractivity contribution is 0.0336. The molecular weight excluding hydrogens is 183 g/mol. The van der Waals surface area contributed by atoms with Gasteiger partial charge in [-0.25, -0.2) is 4.98 Å². The summed E-state index contributed by atoms with van der Waals surface area (Å²) in [5.41, 5.74) is 0.661. The summed E-state index contributed by atoms with van der Waals surface area (Å²) >= 11 is 0. The van der Waals surface area contributed by atoms with Crippen LogP contribution in [0.3, 0.4) is 0 Å². The van der Waals surface area contributed by atoms with Crippen molar-refractivity contribution in [1.82, 2.24) is 9.88 Å².